The van der Waals surface area contributed by atoms with E-state index in [1.807, 2.05) is 56.4 Å². The summed E-state index contributed by atoms with van der Waals surface area (Å²) in [4.78, 5) is 14.5. The average Bonchev–Trinajstić information content (AvgIpc) is 2.46. The number of Topliss-reactive ketones (excluding diaryl/α,β-unsaturated/α-hetero) is 1. The number of rotatable bonds is 5. The van der Waals surface area contributed by atoms with E-state index in [0.29, 0.717) is 0 Å². The van der Waals surface area contributed by atoms with E-state index in [1.54, 1.807) is 0 Å². The van der Waals surface area contributed by atoms with Gasteiger partial charge >= 0.3 is 0 Å². The minimum Gasteiger partial charge on any atom is -0.292 e. The first-order valence-corrected chi connectivity index (χ1v) is 7.41. The summed E-state index contributed by atoms with van der Waals surface area (Å²) < 4.78 is 1.06. The van der Waals surface area contributed by atoms with Crippen LogP contribution in [0.1, 0.15) is 22.8 Å². The molecule has 0 aliphatic carbocycles. The van der Waals surface area contributed by atoms with E-state index in [9.17, 15) is 4.79 Å². The third-order valence-electron chi connectivity index (χ3n) is 3.42. The van der Waals surface area contributed by atoms with Crippen LogP contribution in [0.15, 0.2) is 59.1 Å². The van der Waals surface area contributed by atoms with Gasteiger partial charge in [0.1, 0.15) is 0 Å². The van der Waals surface area contributed by atoms with Crippen LogP contribution in [0, 0.1) is 0 Å². The van der Waals surface area contributed by atoms with Crippen molar-refractivity contribution in [3.8, 4) is 0 Å². The molecule has 0 bridgehead atoms. The van der Waals surface area contributed by atoms with E-state index in [2.05, 4.69) is 33.0 Å². The lowest BCUT2D eigenvalue weighted by atomic mass is 10.0. The van der Waals surface area contributed by atoms with Crippen LogP contribution in [-0.4, -0.2) is 23.8 Å². The molecule has 0 saturated heterocycles. The lowest BCUT2D eigenvalue weighted by Crippen LogP contribution is -2.35. The Kier molecular flexibility index (Phi) is 5.10. The molecule has 0 amide bonds. The van der Waals surface area contributed by atoms with Crippen molar-refractivity contribution in [1.82, 2.24) is 4.90 Å². The van der Waals surface area contributed by atoms with E-state index in [0.717, 1.165) is 16.6 Å². The highest BCUT2D eigenvalue weighted by Gasteiger charge is 2.19. The summed E-state index contributed by atoms with van der Waals surface area (Å²) in [6.45, 7) is 2.70. The number of hydrogen-bond acceptors (Lipinski definition) is 2. The van der Waals surface area contributed by atoms with Crippen molar-refractivity contribution in [2.75, 3.05) is 7.05 Å². The van der Waals surface area contributed by atoms with Crippen LogP contribution < -0.4 is 0 Å². The van der Waals surface area contributed by atoms with E-state index in [-0.39, 0.29) is 11.8 Å². The molecule has 0 radical (unpaired) electrons. The van der Waals surface area contributed by atoms with Gasteiger partial charge in [0.05, 0.1) is 6.04 Å². The molecule has 0 aromatic heterocycles. The van der Waals surface area contributed by atoms with E-state index in [4.69, 9.17) is 0 Å². The van der Waals surface area contributed by atoms with E-state index in [1.165, 1.54) is 5.56 Å². The molecule has 0 aliphatic rings. The Morgan fingerprint density at radius 2 is 1.85 bits per heavy atom. The fourth-order valence-corrected chi connectivity index (χ4v) is 2.55. The number of halogens is 1. The zero-order valence-electron chi connectivity index (χ0n) is 11.7. The summed E-state index contributed by atoms with van der Waals surface area (Å²) in [5.74, 6) is 0.156. The van der Waals surface area contributed by atoms with Crippen molar-refractivity contribution in [3.05, 3.63) is 70.2 Å². The maximum absolute atomic E-state index is 12.4. The third kappa shape index (κ3) is 3.78. The Morgan fingerprint density at radius 1 is 1.15 bits per heavy atom. The first-order valence-electron chi connectivity index (χ1n) is 6.62. The Morgan fingerprint density at radius 3 is 2.50 bits per heavy atom. The molecule has 104 valence electrons. The Bertz CT molecular complexity index is 583. The highest BCUT2D eigenvalue weighted by atomic mass is 79.9. The summed E-state index contributed by atoms with van der Waals surface area (Å²) in [5, 5.41) is 0. The smallest absolute Gasteiger partial charge is 0.179 e. The second kappa shape index (κ2) is 6.82. The zero-order valence-corrected chi connectivity index (χ0v) is 13.3. The summed E-state index contributed by atoms with van der Waals surface area (Å²) in [7, 11) is 1.98. The fraction of sp³-hybridized carbons (Fsp3) is 0.235. The largest absolute Gasteiger partial charge is 0.292 e. The maximum Gasteiger partial charge on any atom is 0.179 e. The van der Waals surface area contributed by atoms with Gasteiger partial charge < -0.3 is 0 Å². The standard InChI is InChI=1S/C17H18BrNO/c1-13(17(20)15-8-4-3-5-9-15)19(2)12-14-7-6-10-16(18)11-14/h3-11,13H,12H2,1-2H3. The molecular weight excluding hydrogens is 314 g/mol. The van der Waals surface area contributed by atoms with Gasteiger partial charge in [-0.25, -0.2) is 0 Å². The van der Waals surface area contributed by atoms with Gasteiger partial charge in [-0.1, -0.05) is 58.4 Å². The number of benzene rings is 2. The van der Waals surface area contributed by atoms with Gasteiger partial charge in [0.2, 0.25) is 0 Å². The molecule has 0 fully saturated rings. The quantitative estimate of drug-likeness (QED) is 0.767. The molecule has 0 spiro atoms. The number of carbonyl (C=O) groups excluding carboxylic acids is 1. The summed E-state index contributed by atoms with van der Waals surface area (Å²) in [6.07, 6.45) is 0. The summed E-state index contributed by atoms with van der Waals surface area (Å²) >= 11 is 3.47. The molecule has 0 heterocycles. The molecule has 20 heavy (non-hydrogen) atoms. The monoisotopic (exact) mass is 331 g/mol. The van der Waals surface area contributed by atoms with Gasteiger partial charge in [-0.2, -0.15) is 0 Å². The van der Waals surface area contributed by atoms with E-state index >= 15 is 0 Å². The lowest BCUT2D eigenvalue weighted by Gasteiger charge is -2.23. The topological polar surface area (TPSA) is 20.3 Å². The normalized spacial score (nSPS) is 12.4. The molecular formula is C17H18BrNO. The maximum atomic E-state index is 12.4. The lowest BCUT2D eigenvalue weighted by molar-refractivity contribution is 0.0862. The molecule has 2 aromatic carbocycles. The average molecular weight is 332 g/mol. The fourth-order valence-electron chi connectivity index (χ4n) is 2.10. The number of nitrogens with zero attached hydrogens (tertiary/aromatic N) is 1. The van der Waals surface area contributed by atoms with Crippen LogP contribution in [0.5, 0.6) is 0 Å². The van der Waals surface area contributed by atoms with Crippen LogP contribution in [0.3, 0.4) is 0 Å². The molecule has 2 nitrogen and oxygen atoms in total. The second-order valence-electron chi connectivity index (χ2n) is 4.95. The first kappa shape index (κ1) is 14.9. The van der Waals surface area contributed by atoms with Crippen molar-refractivity contribution in [3.63, 3.8) is 0 Å². The minimum atomic E-state index is -0.142. The molecule has 0 aliphatic heterocycles. The van der Waals surface area contributed by atoms with Crippen LogP contribution in [0.25, 0.3) is 0 Å². The van der Waals surface area contributed by atoms with Crippen molar-refractivity contribution >= 4 is 21.7 Å². The van der Waals surface area contributed by atoms with Crippen LogP contribution in [-0.2, 0) is 6.54 Å². The van der Waals surface area contributed by atoms with Gasteiger partial charge in [0.15, 0.2) is 5.78 Å². The molecule has 3 heteroatoms. The first-order chi connectivity index (χ1) is 9.58. The third-order valence-corrected chi connectivity index (χ3v) is 3.91. The molecule has 0 N–H and O–H groups in total. The van der Waals surface area contributed by atoms with Gasteiger partial charge in [0.25, 0.3) is 0 Å². The Balaban J connectivity index is 2.05. The number of ketones is 1. The van der Waals surface area contributed by atoms with Gasteiger partial charge in [0, 0.05) is 16.6 Å². The second-order valence-corrected chi connectivity index (χ2v) is 5.87. The SMILES string of the molecule is CC(C(=O)c1ccccc1)N(C)Cc1cccc(Br)c1. The zero-order chi connectivity index (χ0) is 14.5. The highest BCUT2D eigenvalue weighted by Crippen LogP contribution is 2.15. The molecule has 2 aromatic rings. The van der Waals surface area contributed by atoms with Crippen LogP contribution in [0.4, 0.5) is 0 Å². The number of carbonyl (C=O) groups is 1. The molecule has 0 saturated carbocycles. The summed E-state index contributed by atoms with van der Waals surface area (Å²) in [5.41, 5.74) is 1.95. The van der Waals surface area contributed by atoms with E-state index < -0.39 is 0 Å². The molecule has 1 atom stereocenters. The highest BCUT2D eigenvalue weighted by molar-refractivity contribution is 9.10. The van der Waals surface area contributed by atoms with Crippen molar-refractivity contribution < 1.29 is 4.79 Å². The van der Waals surface area contributed by atoms with Gasteiger partial charge in [-0.15, -0.1) is 0 Å². The van der Waals surface area contributed by atoms with Crippen molar-refractivity contribution in [2.45, 2.75) is 19.5 Å². The predicted octanol–water partition coefficient (Wildman–Crippen LogP) is 4.15. The predicted molar refractivity (Wildman–Crippen MR) is 85.8 cm³/mol. The Labute approximate surface area is 128 Å². The molecule has 2 rings (SSSR count). The number of likely N-dealkylation sites (N-methyl/N-ethyl adjacent to an activating group) is 1. The molecule has 1 unspecified atom stereocenters. The van der Waals surface area contributed by atoms with Gasteiger partial charge in [-0.3, -0.25) is 9.69 Å². The van der Waals surface area contributed by atoms with Crippen LogP contribution >= 0.6 is 15.9 Å². The number of hydrogen-bond donors (Lipinski definition) is 0. The minimum absolute atomic E-state index is 0.142. The van der Waals surface area contributed by atoms with Gasteiger partial charge in [-0.05, 0) is 31.7 Å². The summed E-state index contributed by atoms with van der Waals surface area (Å²) in [6, 6.07) is 17.5. The van der Waals surface area contributed by atoms with Crippen LogP contribution in [0.2, 0.25) is 0 Å². The Hall–Kier alpha value is -1.45. The van der Waals surface area contributed by atoms with Crippen molar-refractivity contribution in [2.24, 2.45) is 0 Å². The van der Waals surface area contributed by atoms with Crippen molar-refractivity contribution in [1.29, 1.82) is 0 Å².